The van der Waals surface area contributed by atoms with Crippen molar-refractivity contribution < 1.29 is 4.79 Å². The molecule has 2 fully saturated rings. The van der Waals surface area contributed by atoms with Crippen molar-refractivity contribution in [2.45, 2.75) is 64.2 Å². The van der Waals surface area contributed by atoms with Gasteiger partial charge in [0.15, 0.2) is 0 Å². The minimum Gasteiger partial charge on any atom is -0.355 e. The summed E-state index contributed by atoms with van der Waals surface area (Å²) in [4.78, 5) is 28.3. The lowest BCUT2D eigenvalue weighted by atomic mass is 9.79. The standard InChI is InChI=1S/C25H35N5O/c1-18(2)25-28-16-22(20-9-11-26-12-10-20)24(29-25)21-7-5-19(6-8-21)15-27-23(31)17-30-13-3-4-14-30/h9-12,16,18-19,21H,3-8,13-15,17H2,1-2H3,(H,27,31). The second-order valence-corrected chi connectivity index (χ2v) is 9.42. The number of rotatable bonds is 7. The van der Waals surface area contributed by atoms with Gasteiger partial charge in [0.1, 0.15) is 5.82 Å². The molecule has 2 aliphatic rings. The Bertz CT molecular complexity index is 855. The average molecular weight is 422 g/mol. The van der Waals surface area contributed by atoms with Crippen LogP contribution in [-0.4, -0.2) is 51.9 Å². The van der Waals surface area contributed by atoms with Crippen molar-refractivity contribution in [3.8, 4) is 11.1 Å². The van der Waals surface area contributed by atoms with Crippen molar-refractivity contribution in [3.05, 3.63) is 42.2 Å². The van der Waals surface area contributed by atoms with Crippen LogP contribution in [0.4, 0.5) is 0 Å². The topological polar surface area (TPSA) is 71.0 Å². The summed E-state index contributed by atoms with van der Waals surface area (Å²) in [7, 11) is 0. The van der Waals surface area contributed by atoms with Gasteiger partial charge in [-0.15, -0.1) is 0 Å². The number of carbonyl (C=O) groups is 1. The molecule has 6 heteroatoms. The van der Waals surface area contributed by atoms with Gasteiger partial charge in [0, 0.05) is 42.5 Å². The van der Waals surface area contributed by atoms with Gasteiger partial charge in [-0.2, -0.15) is 0 Å². The van der Waals surface area contributed by atoms with Crippen LogP contribution in [0.15, 0.2) is 30.7 Å². The zero-order valence-corrected chi connectivity index (χ0v) is 18.9. The fourth-order valence-electron chi connectivity index (χ4n) is 4.85. The van der Waals surface area contributed by atoms with Crippen molar-refractivity contribution in [1.82, 2.24) is 25.2 Å². The third kappa shape index (κ3) is 5.67. The van der Waals surface area contributed by atoms with Crippen LogP contribution in [0.3, 0.4) is 0 Å². The zero-order chi connectivity index (χ0) is 21.6. The van der Waals surface area contributed by atoms with Crippen LogP contribution in [-0.2, 0) is 4.79 Å². The summed E-state index contributed by atoms with van der Waals surface area (Å²) < 4.78 is 0. The minimum atomic E-state index is 0.182. The molecule has 0 bridgehead atoms. The second-order valence-electron chi connectivity index (χ2n) is 9.42. The van der Waals surface area contributed by atoms with Gasteiger partial charge in [-0.25, -0.2) is 9.97 Å². The number of nitrogens with one attached hydrogen (secondary N) is 1. The number of carbonyl (C=O) groups excluding carboxylic acids is 1. The maximum atomic E-state index is 12.3. The van der Waals surface area contributed by atoms with Crippen LogP contribution < -0.4 is 5.32 Å². The molecular formula is C25H35N5O. The molecule has 1 saturated carbocycles. The predicted octanol–water partition coefficient (Wildman–Crippen LogP) is 4.15. The van der Waals surface area contributed by atoms with E-state index in [1.54, 1.807) is 0 Å². The molecule has 0 spiro atoms. The first-order valence-corrected chi connectivity index (χ1v) is 11.9. The number of hydrogen-bond acceptors (Lipinski definition) is 5. The Labute approximate surface area is 185 Å². The lowest BCUT2D eigenvalue weighted by Gasteiger charge is -2.30. The van der Waals surface area contributed by atoms with Crippen LogP contribution in [0.5, 0.6) is 0 Å². The van der Waals surface area contributed by atoms with Crippen LogP contribution in [0.25, 0.3) is 11.1 Å². The SMILES string of the molecule is CC(C)c1ncc(-c2ccncc2)c(C2CCC(CNC(=O)CN3CCCC3)CC2)n1. The smallest absolute Gasteiger partial charge is 0.234 e. The minimum absolute atomic E-state index is 0.182. The van der Waals surface area contributed by atoms with Gasteiger partial charge >= 0.3 is 0 Å². The summed E-state index contributed by atoms with van der Waals surface area (Å²) in [5.41, 5.74) is 3.45. The maximum absolute atomic E-state index is 12.3. The quantitative estimate of drug-likeness (QED) is 0.727. The predicted molar refractivity (Wildman–Crippen MR) is 123 cm³/mol. The summed E-state index contributed by atoms with van der Waals surface area (Å²) in [6.45, 7) is 7.78. The van der Waals surface area contributed by atoms with Crippen LogP contribution in [0.1, 0.15) is 75.7 Å². The third-order valence-corrected chi connectivity index (χ3v) is 6.73. The van der Waals surface area contributed by atoms with E-state index in [0.29, 0.717) is 24.3 Å². The molecular weight excluding hydrogens is 386 g/mol. The Morgan fingerprint density at radius 1 is 1.13 bits per heavy atom. The van der Waals surface area contributed by atoms with E-state index in [2.05, 4.69) is 34.0 Å². The number of nitrogens with zero attached hydrogens (tertiary/aromatic N) is 4. The monoisotopic (exact) mass is 421 g/mol. The van der Waals surface area contributed by atoms with Crippen LogP contribution >= 0.6 is 0 Å². The third-order valence-electron chi connectivity index (χ3n) is 6.73. The molecule has 4 rings (SSSR count). The largest absolute Gasteiger partial charge is 0.355 e. The Morgan fingerprint density at radius 3 is 2.52 bits per heavy atom. The van der Waals surface area contributed by atoms with Crippen molar-refractivity contribution in [1.29, 1.82) is 0 Å². The van der Waals surface area contributed by atoms with E-state index in [1.807, 2.05) is 30.7 Å². The summed E-state index contributed by atoms with van der Waals surface area (Å²) in [5.74, 6) is 2.42. The first-order valence-electron chi connectivity index (χ1n) is 11.9. The van der Waals surface area contributed by atoms with Gasteiger partial charge < -0.3 is 5.32 Å². The highest BCUT2D eigenvalue weighted by Gasteiger charge is 2.27. The molecule has 1 N–H and O–H groups in total. The summed E-state index contributed by atoms with van der Waals surface area (Å²) in [5, 5.41) is 3.18. The number of pyridine rings is 1. The van der Waals surface area contributed by atoms with Crippen molar-refractivity contribution in [2.24, 2.45) is 5.92 Å². The number of amides is 1. The molecule has 0 atom stereocenters. The molecule has 0 aromatic carbocycles. The van der Waals surface area contributed by atoms with Crippen molar-refractivity contribution in [2.75, 3.05) is 26.2 Å². The van der Waals surface area contributed by atoms with Gasteiger partial charge in [-0.3, -0.25) is 14.7 Å². The Kier molecular flexibility index (Phi) is 7.28. The number of likely N-dealkylation sites (tertiary alicyclic amines) is 1. The molecule has 6 nitrogen and oxygen atoms in total. The van der Waals surface area contributed by atoms with E-state index < -0.39 is 0 Å². The molecule has 0 radical (unpaired) electrons. The van der Waals surface area contributed by atoms with E-state index in [0.717, 1.165) is 62.3 Å². The van der Waals surface area contributed by atoms with Gasteiger partial charge in [-0.1, -0.05) is 13.8 Å². The normalized spacial score (nSPS) is 22.0. The highest BCUT2D eigenvalue weighted by atomic mass is 16.2. The zero-order valence-electron chi connectivity index (χ0n) is 18.9. The highest BCUT2D eigenvalue weighted by molar-refractivity contribution is 5.78. The Morgan fingerprint density at radius 2 is 1.84 bits per heavy atom. The molecule has 1 aliphatic heterocycles. The molecule has 2 aromatic rings. The number of aromatic nitrogens is 3. The van der Waals surface area contributed by atoms with Crippen molar-refractivity contribution in [3.63, 3.8) is 0 Å². The maximum Gasteiger partial charge on any atom is 0.234 e. The first-order chi connectivity index (χ1) is 15.1. The molecule has 3 heterocycles. The van der Waals surface area contributed by atoms with E-state index in [1.165, 1.54) is 18.5 Å². The second kappa shape index (κ2) is 10.3. The molecule has 31 heavy (non-hydrogen) atoms. The van der Waals surface area contributed by atoms with Gasteiger partial charge in [0.25, 0.3) is 0 Å². The molecule has 2 aromatic heterocycles. The Hall–Kier alpha value is -2.34. The highest BCUT2D eigenvalue weighted by Crippen LogP contribution is 2.39. The number of hydrogen-bond donors (Lipinski definition) is 1. The molecule has 1 amide bonds. The fraction of sp³-hybridized carbons (Fsp3) is 0.600. The van der Waals surface area contributed by atoms with E-state index in [4.69, 9.17) is 4.98 Å². The van der Waals surface area contributed by atoms with E-state index >= 15 is 0 Å². The average Bonchev–Trinajstić information content (AvgIpc) is 3.31. The lowest BCUT2D eigenvalue weighted by molar-refractivity contribution is -0.122. The lowest BCUT2D eigenvalue weighted by Crippen LogP contribution is -2.38. The summed E-state index contributed by atoms with van der Waals surface area (Å²) >= 11 is 0. The van der Waals surface area contributed by atoms with Gasteiger partial charge in [0.2, 0.25) is 5.91 Å². The summed E-state index contributed by atoms with van der Waals surface area (Å²) in [6, 6.07) is 4.08. The molecule has 0 unspecified atom stereocenters. The van der Waals surface area contributed by atoms with E-state index in [9.17, 15) is 4.79 Å². The van der Waals surface area contributed by atoms with E-state index in [-0.39, 0.29) is 5.91 Å². The van der Waals surface area contributed by atoms with Crippen molar-refractivity contribution >= 4 is 5.91 Å². The first kappa shape index (κ1) is 21.9. The molecule has 1 saturated heterocycles. The molecule has 1 aliphatic carbocycles. The van der Waals surface area contributed by atoms with Crippen LogP contribution in [0, 0.1) is 5.92 Å². The summed E-state index contributed by atoms with van der Waals surface area (Å²) in [6.07, 6.45) is 12.6. The van der Waals surface area contributed by atoms with Gasteiger partial charge in [0.05, 0.1) is 12.2 Å². The van der Waals surface area contributed by atoms with Crippen LogP contribution in [0.2, 0.25) is 0 Å². The fourth-order valence-corrected chi connectivity index (χ4v) is 4.85. The van der Waals surface area contributed by atoms with Gasteiger partial charge in [-0.05, 0) is 75.2 Å². The Balaban J connectivity index is 1.37. The molecule has 166 valence electrons.